The van der Waals surface area contributed by atoms with Crippen molar-refractivity contribution < 1.29 is 14.1 Å². The van der Waals surface area contributed by atoms with Gasteiger partial charge in [-0.2, -0.15) is 0 Å². The summed E-state index contributed by atoms with van der Waals surface area (Å²) in [5.74, 6) is 1.19. The molecule has 0 bridgehead atoms. The summed E-state index contributed by atoms with van der Waals surface area (Å²) in [6, 6.07) is 1.73. The third-order valence-corrected chi connectivity index (χ3v) is 4.51. The van der Waals surface area contributed by atoms with Crippen LogP contribution in [0, 0.1) is 6.92 Å². The molecule has 1 aliphatic heterocycles. The van der Waals surface area contributed by atoms with Crippen molar-refractivity contribution in [3.63, 3.8) is 0 Å². The van der Waals surface area contributed by atoms with Gasteiger partial charge >= 0.3 is 0 Å². The molecule has 0 spiro atoms. The van der Waals surface area contributed by atoms with Crippen LogP contribution < -0.4 is 4.90 Å². The van der Waals surface area contributed by atoms with Crippen LogP contribution in [0.5, 0.6) is 0 Å². The number of carbonyl (C=O) groups excluding carboxylic acids is 1. The maximum absolute atomic E-state index is 12.6. The van der Waals surface area contributed by atoms with Gasteiger partial charge in [-0.1, -0.05) is 5.16 Å². The molecule has 0 unspecified atom stereocenters. The van der Waals surface area contributed by atoms with Crippen LogP contribution >= 0.6 is 0 Å². The van der Waals surface area contributed by atoms with E-state index in [0.29, 0.717) is 18.3 Å². The van der Waals surface area contributed by atoms with Gasteiger partial charge in [0, 0.05) is 40.0 Å². The number of likely N-dealkylation sites (tertiary alicyclic amines) is 1. The van der Waals surface area contributed by atoms with E-state index in [0.717, 1.165) is 36.2 Å². The highest BCUT2D eigenvalue weighted by Gasteiger charge is 2.32. The van der Waals surface area contributed by atoms with Gasteiger partial charge in [0.15, 0.2) is 5.76 Å². The fraction of sp³-hybridized carbons (Fsp3) is 0.556. The maximum Gasteiger partial charge on any atom is 0.249 e. The summed E-state index contributed by atoms with van der Waals surface area (Å²) in [5.41, 5.74) is 2.36. The van der Waals surface area contributed by atoms with Gasteiger partial charge < -0.3 is 19.1 Å². The van der Waals surface area contributed by atoms with Crippen molar-refractivity contribution in [1.29, 1.82) is 0 Å². The van der Waals surface area contributed by atoms with Crippen LogP contribution in [-0.2, 0) is 9.53 Å². The van der Waals surface area contributed by atoms with E-state index < -0.39 is 0 Å². The summed E-state index contributed by atoms with van der Waals surface area (Å²) in [5, 5.41) is 3.98. The van der Waals surface area contributed by atoms with E-state index in [1.54, 1.807) is 6.20 Å². The molecule has 140 valence electrons. The molecule has 0 N–H and O–H groups in total. The molecule has 0 aromatic carbocycles. The molecule has 0 aliphatic carbocycles. The number of carbonyl (C=O) groups is 1. The van der Waals surface area contributed by atoms with Crippen LogP contribution in [-0.4, -0.2) is 60.3 Å². The summed E-state index contributed by atoms with van der Waals surface area (Å²) >= 11 is 0. The molecule has 0 radical (unpaired) electrons. The Morgan fingerprint density at radius 3 is 2.88 bits per heavy atom. The Morgan fingerprint density at radius 1 is 1.42 bits per heavy atom. The SMILES string of the molecule is COCC(=O)N1CCCC[C@@H]1c1nc(N(C)C)ncc1-c1cc(C)no1. The lowest BCUT2D eigenvalue weighted by Gasteiger charge is -2.36. The Morgan fingerprint density at radius 2 is 2.23 bits per heavy atom. The Balaban J connectivity index is 2.07. The summed E-state index contributed by atoms with van der Waals surface area (Å²) < 4.78 is 10.5. The monoisotopic (exact) mass is 359 g/mol. The topological polar surface area (TPSA) is 84.6 Å². The van der Waals surface area contributed by atoms with Crippen molar-refractivity contribution in [2.75, 3.05) is 39.3 Å². The second-order valence-corrected chi connectivity index (χ2v) is 6.73. The standard InChI is InChI=1S/C18H25N5O3/c1-12-9-15(26-21-12)13-10-19-18(22(2)3)20-17(13)14-7-5-6-8-23(14)16(24)11-25-4/h9-10,14H,5-8,11H2,1-4H3/t14-/m1/s1. The first-order valence-electron chi connectivity index (χ1n) is 8.77. The van der Waals surface area contributed by atoms with Crippen LogP contribution in [0.4, 0.5) is 5.95 Å². The first-order chi connectivity index (χ1) is 12.5. The van der Waals surface area contributed by atoms with E-state index >= 15 is 0 Å². The van der Waals surface area contributed by atoms with Crippen molar-refractivity contribution >= 4 is 11.9 Å². The van der Waals surface area contributed by atoms with E-state index in [1.165, 1.54) is 7.11 Å². The number of hydrogen-bond acceptors (Lipinski definition) is 7. The highest BCUT2D eigenvalue weighted by Crippen LogP contribution is 2.36. The molecule has 1 saturated heterocycles. The van der Waals surface area contributed by atoms with Crippen LogP contribution in [0.15, 0.2) is 16.8 Å². The quantitative estimate of drug-likeness (QED) is 0.809. The lowest BCUT2D eigenvalue weighted by Crippen LogP contribution is -2.41. The van der Waals surface area contributed by atoms with Gasteiger partial charge in [-0.3, -0.25) is 4.79 Å². The molecule has 0 saturated carbocycles. The van der Waals surface area contributed by atoms with Crippen molar-refractivity contribution in [3.8, 4) is 11.3 Å². The molecule has 8 heteroatoms. The number of rotatable bonds is 5. The zero-order valence-electron chi connectivity index (χ0n) is 15.7. The number of ether oxygens (including phenoxy) is 1. The summed E-state index contributed by atoms with van der Waals surface area (Å²) in [6.45, 7) is 2.64. The van der Waals surface area contributed by atoms with E-state index in [9.17, 15) is 4.79 Å². The molecule has 2 aromatic heterocycles. The minimum atomic E-state index is -0.131. The molecule has 8 nitrogen and oxygen atoms in total. The highest BCUT2D eigenvalue weighted by atomic mass is 16.5. The van der Waals surface area contributed by atoms with Gasteiger partial charge in [-0.15, -0.1) is 0 Å². The van der Waals surface area contributed by atoms with Gasteiger partial charge in [-0.25, -0.2) is 9.97 Å². The minimum absolute atomic E-state index is 0.0260. The minimum Gasteiger partial charge on any atom is -0.375 e. The fourth-order valence-electron chi connectivity index (χ4n) is 3.26. The van der Waals surface area contributed by atoms with E-state index in [1.807, 2.05) is 36.9 Å². The predicted octanol–water partition coefficient (Wildman–Crippen LogP) is 2.21. The normalized spacial score (nSPS) is 17.4. The van der Waals surface area contributed by atoms with Crippen LogP contribution in [0.1, 0.15) is 36.7 Å². The zero-order chi connectivity index (χ0) is 18.7. The second kappa shape index (κ2) is 7.82. The van der Waals surface area contributed by atoms with E-state index in [4.69, 9.17) is 14.2 Å². The number of piperidine rings is 1. The van der Waals surface area contributed by atoms with E-state index in [-0.39, 0.29) is 18.6 Å². The first kappa shape index (κ1) is 18.3. The molecule has 2 aromatic rings. The Bertz CT molecular complexity index is 774. The molecular formula is C18H25N5O3. The highest BCUT2D eigenvalue weighted by molar-refractivity contribution is 5.78. The second-order valence-electron chi connectivity index (χ2n) is 6.73. The van der Waals surface area contributed by atoms with Crippen molar-refractivity contribution in [2.24, 2.45) is 0 Å². The number of aromatic nitrogens is 3. The lowest BCUT2D eigenvalue weighted by molar-refractivity contribution is -0.139. The van der Waals surface area contributed by atoms with Crippen molar-refractivity contribution in [3.05, 3.63) is 23.7 Å². The third-order valence-electron chi connectivity index (χ3n) is 4.51. The molecule has 3 heterocycles. The number of aryl methyl sites for hydroxylation is 1. The number of hydrogen-bond donors (Lipinski definition) is 0. The maximum atomic E-state index is 12.6. The molecule has 1 fully saturated rings. The van der Waals surface area contributed by atoms with Gasteiger partial charge in [-0.05, 0) is 26.2 Å². The molecule has 1 amide bonds. The summed E-state index contributed by atoms with van der Waals surface area (Å²) in [6.07, 6.45) is 4.62. The van der Waals surface area contributed by atoms with Gasteiger partial charge in [0.1, 0.15) is 6.61 Å². The summed E-state index contributed by atoms with van der Waals surface area (Å²) in [7, 11) is 5.33. The van der Waals surface area contributed by atoms with Gasteiger partial charge in [0.25, 0.3) is 0 Å². The number of anilines is 1. The largest absolute Gasteiger partial charge is 0.375 e. The molecule has 1 atom stereocenters. The molecule has 1 aliphatic rings. The number of amides is 1. The number of nitrogens with zero attached hydrogens (tertiary/aromatic N) is 5. The van der Waals surface area contributed by atoms with Gasteiger partial charge in [0.05, 0.1) is 23.0 Å². The fourth-order valence-corrected chi connectivity index (χ4v) is 3.26. The smallest absolute Gasteiger partial charge is 0.249 e. The Hall–Kier alpha value is -2.48. The molecule has 26 heavy (non-hydrogen) atoms. The number of methoxy groups -OCH3 is 1. The molecular weight excluding hydrogens is 334 g/mol. The van der Waals surface area contributed by atoms with Crippen molar-refractivity contribution in [1.82, 2.24) is 20.0 Å². The lowest BCUT2D eigenvalue weighted by atomic mass is 9.95. The average molecular weight is 359 g/mol. The molecule has 3 rings (SSSR count). The Kier molecular flexibility index (Phi) is 5.51. The van der Waals surface area contributed by atoms with E-state index in [2.05, 4.69) is 10.1 Å². The van der Waals surface area contributed by atoms with Gasteiger partial charge in [0.2, 0.25) is 11.9 Å². The zero-order valence-corrected chi connectivity index (χ0v) is 15.7. The van der Waals surface area contributed by atoms with Crippen LogP contribution in [0.25, 0.3) is 11.3 Å². The Labute approximate surface area is 153 Å². The predicted molar refractivity (Wildman–Crippen MR) is 96.8 cm³/mol. The van der Waals surface area contributed by atoms with Crippen LogP contribution in [0.3, 0.4) is 0 Å². The third kappa shape index (κ3) is 3.70. The first-order valence-corrected chi connectivity index (χ1v) is 8.77. The van der Waals surface area contributed by atoms with Crippen LogP contribution in [0.2, 0.25) is 0 Å². The van der Waals surface area contributed by atoms with Crippen molar-refractivity contribution in [2.45, 2.75) is 32.2 Å². The summed E-state index contributed by atoms with van der Waals surface area (Å²) in [4.78, 5) is 25.5. The average Bonchev–Trinajstić information content (AvgIpc) is 3.07.